The molecular weight excluding hydrogens is 348 g/mol. The number of nitrogens with zero attached hydrogens (tertiary/aromatic N) is 2. The molecule has 1 heterocycles. The number of carbonyl (C=O) groups is 1. The van der Waals surface area contributed by atoms with Gasteiger partial charge in [-0.25, -0.2) is 0 Å². The third-order valence-corrected chi connectivity index (χ3v) is 5.00. The fourth-order valence-corrected chi connectivity index (χ4v) is 3.36. The van der Waals surface area contributed by atoms with Crippen LogP contribution in [0.2, 0.25) is 0 Å². The Balaban J connectivity index is 0.00000243. The average Bonchev–Trinajstić information content (AvgIpc) is 2.63. The van der Waals surface area contributed by atoms with E-state index in [0.717, 1.165) is 31.9 Å². The van der Waals surface area contributed by atoms with Crippen molar-refractivity contribution in [3.05, 3.63) is 60.2 Å². The first-order valence-electron chi connectivity index (χ1n) is 8.83. The Morgan fingerprint density at radius 1 is 0.962 bits per heavy atom. The average molecular weight is 375 g/mol. The molecule has 1 fully saturated rings. The minimum absolute atomic E-state index is 0. The third kappa shape index (κ3) is 4.70. The number of carbonyl (C=O) groups excluding carboxylic acids is 1. The Labute approximate surface area is 161 Å². The second-order valence-corrected chi connectivity index (χ2v) is 7.31. The highest BCUT2D eigenvalue weighted by Crippen LogP contribution is 2.28. The van der Waals surface area contributed by atoms with Gasteiger partial charge in [0.15, 0.2) is 0 Å². The number of halogens is 1. The van der Waals surface area contributed by atoms with Gasteiger partial charge >= 0.3 is 0 Å². The minimum Gasteiger partial charge on any atom is -0.508 e. The van der Waals surface area contributed by atoms with Crippen LogP contribution >= 0.6 is 12.4 Å². The summed E-state index contributed by atoms with van der Waals surface area (Å²) in [6.07, 6.45) is 0.524. The standard InChI is InChI=1S/C21H26N2O2.ClH/c1-21(2,17-6-4-3-5-7-17)16-20(25)23-14-12-22(13-15-23)18-8-10-19(24)11-9-18;/h3-11,24H,12-16H2,1-2H3;1H. The Kier molecular flexibility index (Phi) is 6.54. The highest BCUT2D eigenvalue weighted by Gasteiger charge is 2.28. The molecule has 5 heteroatoms. The first-order valence-corrected chi connectivity index (χ1v) is 8.83. The summed E-state index contributed by atoms with van der Waals surface area (Å²) in [5.41, 5.74) is 2.13. The molecular formula is C21H27ClN2O2. The summed E-state index contributed by atoms with van der Waals surface area (Å²) in [6.45, 7) is 7.39. The van der Waals surface area contributed by atoms with Crippen molar-refractivity contribution in [1.29, 1.82) is 0 Å². The van der Waals surface area contributed by atoms with Gasteiger partial charge in [0.25, 0.3) is 0 Å². The third-order valence-electron chi connectivity index (χ3n) is 5.00. The molecule has 4 nitrogen and oxygen atoms in total. The van der Waals surface area contributed by atoms with E-state index in [4.69, 9.17) is 0 Å². The van der Waals surface area contributed by atoms with Gasteiger partial charge in [-0.1, -0.05) is 44.2 Å². The Morgan fingerprint density at radius 3 is 2.12 bits per heavy atom. The van der Waals surface area contributed by atoms with Crippen LogP contribution in [-0.4, -0.2) is 42.1 Å². The van der Waals surface area contributed by atoms with Gasteiger partial charge in [-0.05, 0) is 35.2 Å². The summed E-state index contributed by atoms with van der Waals surface area (Å²) in [5, 5.41) is 9.40. The number of amides is 1. The van der Waals surface area contributed by atoms with Gasteiger partial charge in [0, 0.05) is 38.3 Å². The lowest BCUT2D eigenvalue weighted by molar-refractivity contribution is -0.132. The van der Waals surface area contributed by atoms with E-state index in [-0.39, 0.29) is 29.5 Å². The van der Waals surface area contributed by atoms with Gasteiger partial charge in [0.05, 0.1) is 0 Å². The topological polar surface area (TPSA) is 43.8 Å². The van der Waals surface area contributed by atoms with E-state index < -0.39 is 0 Å². The van der Waals surface area contributed by atoms with Crippen molar-refractivity contribution in [1.82, 2.24) is 4.90 Å². The zero-order chi connectivity index (χ0) is 17.9. The number of phenolic OH excluding ortho intramolecular Hbond substituents is 1. The monoisotopic (exact) mass is 374 g/mol. The largest absolute Gasteiger partial charge is 0.508 e. The smallest absolute Gasteiger partial charge is 0.223 e. The summed E-state index contributed by atoms with van der Waals surface area (Å²) in [6, 6.07) is 17.5. The van der Waals surface area contributed by atoms with Crippen molar-refractivity contribution < 1.29 is 9.90 Å². The summed E-state index contributed by atoms with van der Waals surface area (Å²) >= 11 is 0. The molecule has 140 valence electrons. The number of benzene rings is 2. The van der Waals surface area contributed by atoms with E-state index in [1.807, 2.05) is 35.2 Å². The maximum absolute atomic E-state index is 12.7. The number of aromatic hydroxyl groups is 1. The van der Waals surface area contributed by atoms with E-state index in [0.29, 0.717) is 6.42 Å². The van der Waals surface area contributed by atoms with Gasteiger partial charge in [-0.2, -0.15) is 0 Å². The number of anilines is 1. The predicted octanol–water partition coefficient (Wildman–Crippen LogP) is 3.83. The van der Waals surface area contributed by atoms with E-state index in [9.17, 15) is 9.90 Å². The molecule has 2 aromatic carbocycles. The zero-order valence-corrected chi connectivity index (χ0v) is 16.2. The number of phenols is 1. The van der Waals surface area contributed by atoms with Gasteiger partial charge in [-0.15, -0.1) is 12.4 Å². The lowest BCUT2D eigenvalue weighted by Crippen LogP contribution is -2.49. The van der Waals surface area contributed by atoms with Crippen molar-refractivity contribution in [2.24, 2.45) is 0 Å². The lowest BCUT2D eigenvalue weighted by Gasteiger charge is -2.37. The normalized spacial score (nSPS) is 14.7. The fraction of sp³-hybridized carbons (Fsp3) is 0.381. The molecule has 1 aliphatic rings. The van der Waals surface area contributed by atoms with Gasteiger partial charge in [-0.3, -0.25) is 4.79 Å². The SMILES string of the molecule is CC(C)(CC(=O)N1CCN(c2ccc(O)cc2)CC1)c1ccccc1.Cl. The molecule has 0 spiro atoms. The molecule has 3 rings (SSSR count). The summed E-state index contributed by atoms with van der Waals surface area (Å²) in [7, 11) is 0. The first-order chi connectivity index (χ1) is 12.0. The Morgan fingerprint density at radius 2 is 1.54 bits per heavy atom. The van der Waals surface area contributed by atoms with Crippen molar-refractivity contribution in [2.75, 3.05) is 31.1 Å². The summed E-state index contributed by atoms with van der Waals surface area (Å²) < 4.78 is 0. The van der Waals surface area contributed by atoms with Gasteiger partial charge in [0.2, 0.25) is 5.91 Å². The zero-order valence-electron chi connectivity index (χ0n) is 15.4. The van der Waals surface area contributed by atoms with Crippen molar-refractivity contribution in [3.63, 3.8) is 0 Å². The molecule has 1 N–H and O–H groups in total. The van der Waals surface area contributed by atoms with E-state index in [1.54, 1.807) is 12.1 Å². The van der Waals surface area contributed by atoms with Gasteiger partial charge < -0.3 is 14.9 Å². The molecule has 0 aromatic heterocycles. The van der Waals surface area contributed by atoms with Crippen LogP contribution in [0.5, 0.6) is 5.75 Å². The molecule has 0 radical (unpaired) electrons. The summed E-state index contributed by atoms with van der Waals surface area (Å²) in [5.74, 6) is 0.500. The molecule has 26 heavy (non-hydrogen) atoms. The van der Waals surface area contributed by atoms with Crippen molar-refractivity contribution >= 4 is 24.0 Å². The van der Waals surface area contributed by atoms with Crippen molar-refractivity contribution in [2.45, 2.75) is 25.7 Å². The second kappa shape index (κ2) is 8.45. The molecule has 1 amide bonds. The molecule has 2 aromatic rings. The lowest BCUT2D eigenvalue weighted by atomic mass is 9.81. The number of hydrogen-bond donors (Lipinski definition) is 1. The molecule has 0 bridgehead atoms. The van der Waals surface area contributed by atoms with Crippen LogP contribution in [0, 0.1) is 0 Å². The highest BCUT2D eigenvalue weighted by molar-refractivity contribution is 5.85. The first kappa shape index (κ1) is 20.1. The molecule has 1 saturated heterocycles. The second-order valence-electron chi connectivity index (χ2n) is 7.31. The van der Waals surface area contributed by atoms with E-state index in [2.05, 4.69) is 30.9 Å². The predicted molar refractivity (Wildman–Crippen MR) is 108 cm³/mol. The van der Waals surface area contributed by atoms with Crippen LogP contribution < -0.4 is 4.90 Å². The van der Waals surface area contributed by atoms with E-state index >= 15 is 0 Å². The maximum atomic E-state index is 12.7. The Hall–Kier alpha value is -2.20. The quantitative estimate of drug-likeness (QED) is 0.884. The fourth-order valence-electron chi connectivity index (χ4n) is 3.36. The van der Waals surface area contributed by atoms with Crippen LogP contribution in [0.4, 0.5) is 5.69 Å². The number of piperazine rings is 1. The number of hydrogen-bond acceptors (Lipinski definition) is 3. The van der Waals surface area contributed by atoms with Crippen LogP contribution in [0.3, 0.4) is 0 Å². The summed E-state index contributed by atoms with van der Waals surface area (Å²) in [4.78, 5) is 17.0. The maximum Gasteiger partial charge on any atom is 0.223 e. The molecule has 0 atom stereocenters. The van der Waals surface area contributed by atoms with Crippen LogP contribution in [0.25, 0.3) is 0 Å². The Bertz CT molecular complexity index is 709. The highest BCUT2D eigenvalue weighted by atomic mass is 35.5. The molecule has 0 saturated carbocycles. The molecule has 0 aliphatic carbocycles. The van der Waals surface area contributed by atoms with Crippen LogP contribution in [-0.2, 0) is 10.2 Å². The minimum atomic E-state index is -0.160. The molecule has 0 unspecified atom stereocenters. The molecule has 1 aliphatic heterocycles. The van der Waals surface area contributed by atoms with Crippen molar-refractivity contribution in [3.8, 4) is 5.75 Å². The van der Waals surface area contributed by atoms with E-state index in [1.165, 1.54) is 5.56 Å². The van der Waals surface area contributed by atoms with Gasteiger partial charge in [0.1, 0.15) is 5.75 Å². The van der Waals surface area contributed by atoms with Crippen LogP contribution in [0.15, 0.2) is 54.6 Å². The number of rotatable bonds is 4. The van der Waals surface area contributed by atoms with Crippen LogP contribution in [0.1, 0.15) is 25.8 Å².